The van der Waals surface area contributed by atoms with Gasteiger partial charge in [0.15, 0.2) is 14.1 Å². The summed E-state index contributed by atoms with van der Waals surface area (Å²) in [5.74, 6) is -0.218. The fourth-order valence-electron chi connectivity index (χ4n) is 1.86. The summed E-state index contributed by atoms with van der Waals surface area (Å²) in [6.45, 7) is 15.0. The fourth-order valence-corrected chi connectivity index (χ4v) is 3.35. The van der Waals surface area contributed by atoms with E-state index < -0.39 is 13.7 Å². The van der Waals surface area contributed by atoms with E-state index in [2.05, 4.69) is 33.9 Å². The van der Waals surface area contributed by atoms with Crippen LogP contribution in [0.1, 0.15) is 34.6 Å². The van der Waals surface area contributed by atoms with Crippen molar-refractivity contribution in [3.8, 4) is 6.07 Å². The summed E-state index contributed by atoms with van der Waals surface area (Å²) in [6.07, 6.45) is 5.02. The number of nitriles is 1. The zero-order valence-corrected chi connectivity index (χ0v) is 14.6. The fraction of sp³-hybridized carbons (Fsp3) is 0.625. The first-order valence-corrected chi connectivity index (χ1v) is 9.88. The molecule has 0 bridgehead atoms. The van der Waals surface area contributed by atoms with Gasteiger partial charge in [-0.15, -0.1) is 0 Å². The molecule has 2 atom stereocenters. The van der Waals surface area contributed by atoms with Crippen molar-refractivity contribution < 1.29 is 9.22 Å². The molecule has 20 heavy (non-hydrogen) atoms. The lowest BCUT2D eigenvalue weighted by Crippen LogP contribution is -2.47. The highest BCUT2D eigenvalue weighted by atomic mass is 28.4. The topological polar surface area (TPSA) is 50.1 Å². The molecule has 110 valence electrons. The number of rotatable bonds is 3. The lowest BCUT2D eigenvalue weighted by molar-refractivity contribution is -0.111. The molecule has 0 aromatic carbocycles. The second kappa shape index (κ2) is 5.31. The van der Waals surface area contributed by atoms with Gasteiger partial charge in [-0.25, -0.2) is 0 Å². The molecule has 0 saturated heterocycles. The highest BCUT2D eigenvalue weighted by molar-refractivity contribution is 6.74. The first-order valence-electron chi connectivity index (χ1n) is 6.97. The maximum atomic E-state index is 11.6. The molecule has 4 heteroatoms. The minimum Gasteiger partial charge on any atom is -0.413 e. The van der Waals surface area contributed by atoms with Crippen molar-refractivity contribution in [2.45, 2.75) is 58.9 Å². The van der Waals surface area contributed by atoms with E-state index in [1.165, 1.54) is 6.08 Å². The van der Waals surface area contributed by atoms with E-state index in [4.69, 9.17) is 9.69 Å². The van der Waals surface area contributed by atoms with E-state index in [9.17, 15) is 4.79 Å². The Bertz CT molecular complexity index is 506. The predicted molar refractivity (Wildman–Crippen MR) is 83.7 cm³/mol. The molecule has 0 aromatic heterocycles. The van der Waals surface area contributed by atoms with Crippen LogP contribution in [-0.4, -0.2) is 20.2 Å². The van der Waals surface area contributed by atoms with Crippen molar-refractivity contribution in [3.05, 3.63) is 23.8 Å². The lowest BCUT2D eigenvalue weighted by Gasteiger charge is -2.43. The Morgan fingerprint density at radius 2 is 1.95 bits per heavy atom. The molecule has 0 fully saturated rings. The van der Waals surface area contributed by atoms with Crippen LogP contribution in [0.4, 0.5) is 0 Å². The van der Waals surface area contributed by atoms with Crippen molar-refractivity contribution in [2.75, 3.05) is 0 Å². The first kappa shape index (κ1) is 16.9. The molecular formula is C16H25NO2Si. The first-order chi connectivity index (χ1) is 8.93. The molecule has 0 N–H and O–H groups in total. The zero-order chi connectivity index (χ0) is 15.8. The smallest absolute Gasteiger partial charge is 0.195 e. The molecule has 2 unspecified atom stereocenters. The summed E-state index contributed by atoms with van der Waals surface area (Å²) in [6, 6.07) is 1.97. The Hall–Kier alpha value is -1.18. The lowest BCUT2D eigenvalue weighted by atomic mass is 9.79. The molecule has 1 aliphatic rings. The van der Waals surface area contributed by atoms with Crippen LogP contribution in [0.5, 0.6) is 0 Å². The van der Waals surface area contributed by atoms with E-state index in [1.54, 1.807) is 6.08 Å². The van der Waals surface area contributed by atoms with Gasteiger partial charge in [0.2, 0.25) is 0 Å². The highest BCUT2D eigenvalue weighted by Crippen LogP contribution is 2.41. The van der Waals surface area contributed by atoms with E-state index in [0.717, 1.165) is 0 Å². The molecule has 0 amide bonds. The summed E-state index contributed by atoms with van der Waals surface area (Å²) < 4.78 is 6.40. The average molecular weight is 291 g/mol. The number of nitrogens with zero attached hydrogens (tertiary/aromatic N) is 1. The van der Waals surface area contributed by atoms with Gasteiger partial charge in [0.05, 0.1) is 11.7 Å². The van der Waals surface area contributed by atoms with E-state index >= 15 is 0 Å². The van der Waals surface area contributed by atoms with E-state index in [0.29, 0.717) is 0 Å². The summed E-state index contributed by atoms with van der Waals surface area (Å²) in [5, 5.41) is 9.16. The number of carbonyl (C=O) groups excluding carboxylic acids is 1. The van der Waals surface area contributed by atoms with Crippen molar-refractivity contribution in [2.24, 2.45) is 5.41 Å². The van der Waals surface area contributed by atoms with Crippen LogP contribution >= 0.6 is 0 Å². The van der Waals surface area contributed by atoms with Crippen molar-refractivity contribution in [3.63, 3.8) is 0 Å². The van der Waals surface area contributed by atoms with Crippen molar-refractivity contribution in [1.82, 2.24) is 0 Å². The average Bonchev–Trinajstić information content (AvgIpc) is 2.30. The molecule has 0 saturated carbocycles. The molecule has 3 nitrogen and oxygen atoms in total. The maximum absolute atomic E-state index is 11.6. The van der Waals surface area contributed by atoms with Gasteiger partial charge < -0.3 is 4.43 Å². The normalized spacial score (nSPS) is 25.1. The molecular weight excluding hydrogens is 266 g/mol. The Morgan fingerprint density at radius 3 is 2.40 bits per heavy atom. The van der Waals surface area contributed by atoms with Gasteiger partial charge in [0.25, 0.3) is 0 Å². The molecule has 0 aliphatic heterocycles. The third-order valence-electron chi connectivity index (χ3n) is 4.59. The number of hydrogen-bond donors (Lipinski definition) is 0. The van der Waals surface area contributed by atoms with Gasteiger partial charge >= 0.3 is 0 Å². The SMILES string of the molecule is CC(O[Si](C)(C)C(C)(C)C)C1(C)C=CC(=O)C(C#N)=C1. The minimum absolute atomic E-state index is 0.0731. The predicted octanol–water partition coefficient (Wildman–Crippen LogP) is 3.99. The Balaban J connectivity index is 3.01. The van der Waals surface area contributed by atoms with Crippen LogP contribution in [0.25, 0.3) is 0 Å². The van der Waals surface area contributed by atoms with Gasteiger partial charge in [0, 0.05) is 5.41 Å². The summed E-state index contributed by atoms with van der Waals surface area (Å²) in [5.41, 5.74) is -0.199. The molecule has 0 radical (unpaired) electrons. The van der Waals surface area contributed by atoms with E-state index in [-0.39, 0.29) is 22.5 Å². The standard InChI is InChI=1S/C16H25NO2Si/c1-12(19-20(6,7)15(2,3)4)16(5)9-8-14(18)13(10-16)11-17/h8-10,12H,1-7H3. The van der Waals surface area contributed by atoms with Gasteiger partial charge in [-0.1, -0.05) is 39.8 Å². The maximum Gasteiger partial charge on any atom is 0.195 e. The molecule has 0 aromatic rings. The van der Waals surface area contributed by atoms with Crippen molar-refractivity contribution in [1.29, 1.82) is 5.26 Å². The largest absolute Gasteiger partial charge is 0.413 e. The number of allylic oxidation sites excluding steroid dienone is 2. The number of hydrogen-bond acceptors (Lipinski definition) is 3. The second-order valence-electron chi connectivity index (χ2n) is 7.25. The number of ketones is 1. The molecule has 1 aliphatic carbocycles. The second-order valence-corrected chi connectivity index (χ2v) is 12.0. The zero-order valence-electron chi connectivity index (χ0n) is 13.6. The monoisotopic (exact) mass is 291 g/mol. The summed E-state index contributed by atoms with van der Waals surface area (Å²) in [7, 11) is -1.88. The van der Waals surface area contributed by atoms with Crippen LogP contribution in [0.3, 0.4) is 0 Å². The minimum atomic E-state index is -1.88. The van der Waals surface area contributed by atoms with Gasteiger partial charge in [-0.2, -0.15) is 5.26 Å². The van der Waals surface area contributed by atoms with Gasteiger partial charge in [-0.05, 0) is 31.1 Å². The van der Waals surface area contributed by atoms with Crippen LogP contribution in [-0.2, 0) is 9.22 Å². The number of carbonyl (C=O) groups is 1. The van der Waals surface area contributed by atoms with Crippen LogP contribution in [0, 0.1) is 16.7 Å². The molecule has 0 spiro atoms. The summed E-state index contributed by atoms with van der Waals surface area (Å²) >= 11 is 0. The van der Waals surface area contributed by atoms with Gasteiger partial charge in [0.1, 0.15) is 6.07 Å². The van der Waals surface area contributed by atoms with Crippen molar-refractivity contribution >= 4 is 14.1 Å². The summed E-state index contributed by atoms with van der Waals surface area (Å²) in [4.78, 5) is 11.6. The van der Waals surface area contributed by atoms with Gasteiger partial charge in [-0.3, -0.25) is 4.79 Å². The van der Waals surface area contributed by atoms with Crippen LogP contribution in [0.15, 0.2) is 23.8 Å². The molecule has 0 heterocycles. The molecule has 1 rings (SSSR count). The quantitative estimate of drug-likeness (QED) is 0.739. The van der Waals surface area contributed by atoms with Crippen LogP contribution in [0.2, 0.25) is 18.1 Å². The Kier molecular flexibility index (Phi) is 4.48. The Morgan fingerprint density at radius 1 is 1.40 bits per heavy atom. The van der Waals surface area contributed by atoms with E-state index in [1.807, 2.05) is 26.0 Å². The van der Waals surface area contributed by atoms with Crippen LogP contribution < -0.4 is 0 Å². The highest BCUT2D eigenvalue weighted by Gasteiger charge is 2.42. The third-order valence-corrected chi connectivity index (χ3v) is 9.14. The third kappa shape index (κ3) is 3.28. The Labute approximate surface area is 123 Å².